The van der Waals surface area contributed by atoms with Crippen molar-refractivity contribution in [3.63, 3.8) is 0 Å². The maximum atomic E-state index is 11.6. The van der Waals surface area contributed by atoms with E-state index < -0.39 is 10.9 Å². The molecule has 1 aliphatic rings. The predicted octanol–water partition coefficient (Wildman–Crippen LogP) is 0.499. The lowest BCUT2D eigenvalue weighted by molar-refractivity contribution is -0.384. The van der Waals surface area contributed by atoms with E-state index in [4.69, 9.17) is 9.99 Å². The van der Waals surface area contributed by atoms with E-state index in [-0.39, 0.29) is 43.2 Å². The van der Waals surface area contributed by atoms with Gasteiger partial charge in [0.15, 0.2) is 0 Å². The number of β-lactam (4-membered cyclic amide) rings is 1. The Balaban J connectivity index is 1.66. The molecule has 9 nitrogen and oxygen atoms in total. The van der Waals surface area contributed by atoms with Gasteiger partial charge in [-0.1, -0.05) is 12.1 Å². The zero-order valence-corrected chi connectivity index (χ0v) is 12.8. The summed E-state index contributed by atoms with van der Waals surface area (Å²) >= 11 is 0. The first-order valence-corrected chi connectivity index (χ1v) is 7.48. The third-order valence-electron chi connectivity index (χ3n) is 3.75. The Kier molecular flexibility index (Phi) is 6.21. The number of rotatable bonds is 9. The summed E-state index contributed by atoms with van der Waals surface area (Å²) in [6, 6.07) is 5.48. The smallest absolute Gasteiger partial charge is 0.346 e. The maximum absolute atomic E-state index is 11.6. The molecule has 0 bridgehead atoms. The summed E-state index contributed by atoms with van der Waals surface area (Å²) in [4.78, 5) is 42.4. The van der Waals surface area contributed by atoms with E-state index in [1.54, 1.807) is 0 Å². The number of nitro benzene ring substituents is 1. The molecule has 1 aromatic carbocycles. The largest absolute Gasteiger partial charge is 0.396 e. The third kappa shape index (κ3) is 4.74. The second kappa shape index (κ2) is 8.37. The van der Waals surface area contributed by atoms with Crippen molar-refractivity contribution in [3.8, 4) is 0 Å². The SMILES string of the molecule is O=C(Cc1ccc([N+](=O)[O-])cc1)OOCC[C@@H]1C(=O)N[C@H]1CCO. The van der Waals surface area contributed by atoms with Gasteiger partial charge in [-0.25, -0.2) is 4.79 Å². The van der Waals surface area contributed by atoms with Gasteiger partial charge in [-0.05, 0) is 18.4 Å². The molecule has 130 valence electrons. The maximum Gasteiger partial charge on any atom is 0.346 e. The summed E-state index contributed by atoms with van der Waals surface area (Å²) < 4.78 is 0. The van der Waals surface area contributed by atoms with Gasteiger partial charge in [0.05, 0.1) is 23.9 Å². The van der Waals surface area contributed by atoms with E-state index in [0.29, 0.717) is 18.4 Å². The Morgan fingerprint density at radius 2 is 2.00 bits per heavy atom. The number of amides is 1. The van der Waals surface area contributed by atoms with E-state index in [1.165, 1.54) is 24.3 Å². The Bertz CT molecular complexity index is 602. The monoisotopic (exact) mass is 338 g/mol. The number of nitrogens with one attached hydrogen (secondary N) is 1. The summed E-state index contributed by atoms with van der Waals surface area (Å²) in [7, 11) is 0. The molecule has 0 aliphatic carbocycles. The van der Waals surface area contributed by atoms with Gasteiger partial charge in [0.1, 0.15) is 0 Å². The molecule has 1 aromatic rings. The van der Waals surface area contributed by atoms with Crippen molar-refractivity contribution in [2.45, 2.75) is 25.3 Å². The van der Waals surface area contributed by atoms with Gasteiger partial charge >= 0.3 is 5.97 Å². The third-order valence-corrected chi connectivity index (χ3v) is 3.75. The quantitative estimate of drug-likeness (QED) is 0.220. The van der Waals surface area contributed by atoms with Crippen LogP contribution in [0.15, 0.2) is 24.3 Å². The molecule has 2 atom stereocenters. The van der Waals surface area contributed by atoms with Gasteiger partial charge in [0.25, 0.3) is 5.69 Å². The fourth-order valence-electron chi connectivity index (χ4n) is 2.44. The Morgan fingerprint density at radius 3 is 2.58 bits per heavy atom. The van der Waals surface area contributed by atoms with Crippen molar-refractivity contribution >= 4 is 17.6 Å². The van der Waals surface area contributed by atoms with Crippen LogP contribution < -0.4 is 5.32 Å². The van der Waals surface area contributed by atoms with Crippen molar-refractivity contribution in [2.24, 2.45) is 5.92 Å². The van der Waals surface area contributed by atoms with Crippen LogP contribution >= 0.6 is 0 Å². The summed E-state index contributed by atoms with van der Waals surface area (Å²) in [5.41, 5.74) is 0.509. The van der Waals surface area contributed by atoms with E-state index in [1.807, 2.05) is 0 Å². The van der Waals surface area contributed by atoms with Crippen molar-refractivity contribution in [2.75, 3.05) is 13.2 Å². The standard InChI is InChI=1S/C15H18N2O7/c18-7-5-13-12(15(20)16-13)6-8-23-24-14(19)9-10-1-3-11(4-2-10)17(21)22/h1-4,12-13,18H,5-9H2,(H,16,20)/t12-,13-/m0/s1. The van der Waals surface area contributed by atoms with Crippen LogP contribution in [0.2, 0.25) is 0 Å². The van der Waals surface area contributed by atoms with Crippen LogP contribution in [0.4, 0.5) is 5.69 Å². The molecule has 1 fully saturated rings. The van der Waals surface area contributed by atoms with Crippen molar-refractivity contribution in [1.82, 2.24) is 5.32 Å². The molecule has 0 radical (unpaired) electrons. The van der Waals surface area contributed by atoms with E-state index >= 15 is 0 Å². The van der Waals surface area contributed by atoms with Crippen LogP contribution in [-0.4, -0.2) is 41.2 Å². The molecule has 1 amide bonds. The molecule has 2 rings (SSSR count). The number of benzene rings is 1. The zero-order chi connectivity index (χ0) is 17.5. The van der Waals surface area contributed by atoms with Gasteiger partial charge in [0.2, 0.25) is 5.91 Å². The van der Waals surface area contributed by atoms with Crippen LogP contribution in [0.3, 0.4) is 0 Å². The lowest BCUT2D eigenvalue weighted by Crippen LogP contribution is -2.58. The minimum atomic E-state index is -0.631. The molecule has 0 spiro atoms. The number of hydrogen-bond donors (Lipinski definition) is 2. The zero-order valence-electron chi connectivity index (χ0n) is 12.8. The minimum Gasteiger partial charge on any atom is -0.396 e. The number of aliphatic hydroxyl groups is 1. The predicted molar refractivity (Wildman–Crippen MR) is 80.6 cm³/mol. The molecular weight excluding hydrogens is 320 g/mol. The molecule has 9 heteroatoms. The first-order valence-electron chi connectivity index (χ1n) is 7.48. The molecule has 0 aromatic heterocycles. The number of non-ortho nitro benzene ring substituents is 1. The summed E-state index contributed by atoms with van der Waals surface area (Å²) in [6.07, 6.45) is 0.798. The average molecular weight is 338 g/mol. The van der Waals surface area contributed by atoms with E-state index in [9.17, 15) is 19.7 Å². The van der Waals surface area contributed by atoms with Crippen LogP contribution in [0.25, 0.3) is 0 Å². The second-order valence-corrected chi connectivity index (χ2v) is 5.40. The number of carbonyl (C=O) groups is 2. The fraction of sp³-hybridized carbons (Fsp3) is 0.467. The highest BCUT2D eigenvalue weighted by molar-refractivity contribution is 5.85. The summed E-state index contributed by atoms with van der Waals surface area (Å²) in [6.45, 7) is 0.0680. The lowest BCUT2D eigenvalue weighted by atomic mass is 9.86. The number of nitro groups is 1. The molecule has 1 saturated heterocycles. The Hall–Kier alpha value is -2.52. The van der Waals surface area contributed by atoms with Crippen LogP contribution in [-0.2, 0) is 25.8 Å². The second-order valence-electron chi connectivity index (χ2n) is 5.40. The van der Waals surface area contributed by atoms with Gasteiger partial charge in [0, 0.05) is 24.8 Å². The highest BCUT2D eigenvalue weighted by atomic mass is 17.2. The normalized spacial score (nSPS) is 19.3. The van der Waals surface area contributed by atoms with Gasteiger partial charge < -0.3 is 10.4 Å². The Labute approximate surface area is 137 Å². The number of carbonyl (C=O) groups excluding carboxylic acids is 2. The number of hydrogen-bond acceptors (Lipinski definition) is 7. The van der Waals surface area contributed by atoms with Crippen LogP contribution in [0.1, 0.15) is 18.4 Å². The molecular formula is C15H18N2O7. The topological polar surface area (TPSA) is 128 Å². The molecule has 1 heterocycles. The average Bonchev–Trinajstić information content (AvgIpc) is 2.54. The molecule has 0 saturated carbocycles. The molecule has 0 unspecified atom stereocenters. The van der Waals surface area contributed by atoms with Crippen molar-refractivity contribution in [3.05, 3.63) is 39.9 Å². The van der Waals surface area contributed by atoms with Crippen LogP contribution in [0, 0.1) is 16.0 Å². The summed E-state index contributed by atoms with van der Waals surface area (Å²) in [5, 5.41) is 22.1. The van der Waals surface area contributed by atoms with E-state index in [2.05, 4.69) is 10.2 Å². The van der Waals surface area contributed by atoms with Gasteiger partial charge in [-0.15, -0.1) is 0 Å². The van der Waals surface area contributed by atoms with E-state index in [0.717, 1.165) is 0 Å². The molecule has 1 aliphatic heterocycles. The minimum absolute atomic E-state index is 0.00741. The molecule has 24 heavy (non-hydrogen) atoms. The fourth-order valence-corrected chi connectivity index (χ4v) is 2.44. The highest BCUT2D eigenvalue weighted by Crippen LogP contribution is 2.21. The first kappa shape index (κ1) is 17.8. The lowest BCUT2D eigenvalue weighted by Gasteiger charge is -2.36. The van der Waals surface area contributed by atoms with Crippen molar-refractivity contribution in [1.29, 1.82) is 0 Å². The van der Waals surface area contributed by atoms with Crippen molar-refractivity contribution < 1.29 is 29.4 Å². The highest BCUT2D eigenvalue weighted by Gasteiger charge is 2.38. The summed E-state index contributed by atoms with van der Waals surface area (Å²) in [5.74, 6) is -0.978. The molecule has 2 N–H and O–H groups in total. The van der Waals surface area contributed by atoms with Crippen LogP contribution in [0.5, 0.6) is 0 Å². The number of aliphatic hydroxyl groups excluding tert-OH is 1. The Morgan fingerprint density at radius 1 is 1.29 bits per heavy atom. The number of nitrogens with zero attached hydrogens (tertiary/aromatic N) is 1. The van der Waals surface area contributed by atoms with Gasteiger partial charge in [-0.2, -0.15) is 4.89 Å². The van der Waals surface area contributed by atoms with Gasteiger partial charge in [-0.3, -0.25) is 19.8 Å². The first-order chi connectivity index (χ1) is 11.5.